The molecular formula is C33H44BrN2OP. The van der Waals surface area contributed by atoms with Crippen LogP contribution in [0.4, 0.5) is 0 Å². The largest absolute Gasteiger partial charge is 0.295 e. The Labute approximate surface area is 240 Å². The third-order valence-electron chi connectivity index (χ3n) is 6.32. The summed E-state index contributed by atoms with van der Waals surface area (Å²) in [6.07, 6.45) is 8.71. The molecule has 0 amide bonds. The van der Waals surface area contributed by atoms with Crippen molar-refractivity contribution in [3.63, 3.8) is 0 Å². The highest BCUT2D eigenvalue weighted by Crippen LogP contribution is 2.28. The van der Waals surface area contributed by atoms with Crippen molar-refractivity contribution in [2.24, 2.45) is 0 Å². The fraction of sp³-hybridized carbons (Fsp3) is 0.394. The first-order valence-electron chi connectivity index (χ1n) is 14.0. The molecule has 204 valence electrons. The lowest BCUT2D eigenvalue weighted by Gasteiger charge is -2.15. The lowest BCUT2D eigenvalue weighted by molar-refractivity contribution is 0.107. The van der Waals surface area contributed by atoms with Gasteiger partial charge in [0.25, 0.3) is 0 Å². The Morgan fingerprint density at radius 3 is 2.13 bits per heavy atom. The number of fused-ring (bicyclic) bond motifs is 1. The van der Waals surface area contributed by atoms with Crippen LogP contribution in [0.5, 0.6) is 0 Å². The van der Waals surface area contributed by atoms with Gasteiger partial charge in [0.1, 0.15) is 11.3 Å². The molecule has 0 aliphatic carbocycles. The number of hydrogen-bond donors (Lipinski definition) is 0. The molecule has 1 atom stereocenters. The lowest BCUT2D eigenvalue weighted by Crippen LogP contribution is -2.02. The molecule has 0 spiro atoms. The van der Waals surface area contributed by atoms with Crippen LogP contribution < -0.4 is 0 Å². The topological polar surface area (TPSA) is 34.4 Å². The van der Waals surface area contributed by atoms with Gasteiger partial charge >= 0.3 is 0 Å². The molecule has 2 aromatic heterocycles. The summed E-state index contributed by atoms with van der Waals surface area (Å²) >= 11 is 3.47. The first-order chi connectivity index (χ1) is 18.5. The molecule has 2 heterocycles. The molecule has 4 rings (SSSR count). The van der Waals surface area contributed by atoms with E-state index in [4.69, 9.17) is 0 Å². The van der Waals surface area contributed by atoms with Gasteiger partial charge < -0.3 is 0 Å². The monoisotopic (exact) mass is 594 g/mol. The minimum atomic E-state index is 0.174. The van der Waals surface area contributed by atoms with Crippen LogP contribution in [-0.4, -0.2) is 14.9 Å². The molecule has 3 nitrogen and oxygen atoms in total. The first kappa shape index (κ1) is 31.9. The SMILES string of the molecule is CC.CCCC(CCC)c1ccccc1.CCc1nc2ccc(Br)cn2c1C(=O)PCc1ccc(C)cc1. The molecule has 2 aromatic carbocycles. The predicted octanol–water partition coefficient (Wildman–Crippen LogP) is 10.4. The van der Waals surface area contributed by atoms with Crippen molar-refractivity contribution in [2.45, 2.75) is 85.7 Å². The number of imidazole rings is 1. The van der Waals surface area contributed by atoms with Crippen molar-refractivity contribution in [2.75, 3.05) is 0 Å². The average molecular weight is 596 g/mol. The van der Waals surface area contributed by atoms with Crippen LogP contribution in [0.3, 0.4) is 0 Å². The summed E-state index contributed by atoms with van der Waals surface area (Å²) in [4.78, 5) is 17.4. The van der Waals surface area contributed by atoms with Gasteiger partial charge in [-0.25, -0.2) is 4.98 Å². The number of nitrogens with zero attached hydrogens (tertiary/aromatic N) is 2. The first-order valence-corrected chi connectivity index (χ1v) is 16.0. The Kier molecular flexibility index (Phi) is 14.6. The Morgan fingerprint density at radius 1 is 0.921 bits per heavy atom. The maximum atomic E-state index is 12.8. The lowest BCUT2D eigenvalue weighted by atomic mass is 9.91. The molecule has 0 aliphatic heterocycles. The van der Waals surface area contributed by atoms with Gasteiger partial charge in [-0.15, -0.1) is 0 Å². The Bertz CT molecular complexity index is 1230. The highest BCUT2D eigenvalue weighted by molar-refractivity contribution is 9.10. The van der Waals surface area contributed by atoms with E-state index in [1.165, 1.54) is 42.4 Å². The van der Waals surface area contributed by atoms with E-state index in [2.05, 4.69) is 96.3 Å². The molecule has 0 bridgehead atoms. The molecule has 5 heteroatoms. The van der Waals surface area contributed by atoms with E-state index in [1.54, 1.807) is 0 Å². The van der Waals surface area contributed by atoms with Crippen molar-refractivity contribution in [3.05, 3.63) is 105 Å². The summed E-state index contributed by atoms with van der Waals surface area (Å²) in [5, 5.41) is 0. The van der Waals surface area contributed by atoms with Crippen molar-refractivity contribution in [1.82, 2.24) is 9.38 Å². The highest BCUT2D eigenvalue weighted by atomic mass is 79.9. The molecule has 0 saturated carbocycles. The van der Waals surface area contributed by atoms with Crippen LogP contribution in [-0.2, 0) is 12.6 Å². The average Bonchev–Trinajstić information content (AvgIpc) is 3.32. The van der Waals surface area contributed by atoms with E-state index in [0.717, 1.165) is 40.0 Å². The van der Waals surface area contributed by atoms with Crippen LogP contribution in [0, 0.1) is 6.92 Å². The van der Waals surface area contributed by atoms with Crippen molar-refractivity contribution in [1.29, 1.82) is 0 Å². The van der Waals surface area contributed by atoms with Crippen LogP contribution in [0.25, 0.3) is 5.65 Å². The zero-order valence-corrected chi connectivity index (χ0v) is 26.5. The Hall–Kier alpha value is -2.29. The van der Waals surface area contributed by atoms with E-state index >= 15 is 0 Å². The fourth-order valence-corrected chi connectivity index (χ4v) is 5.80. The smallest absolute Gasteiger partial charge is 0.199 e. The van der Waals surface area contributed by atoms with Crippen molar-refractivity contribution >= 4 is 35.7 Å². The van der Waals surface area contributed by atoms with Crippen molar-refractivity contribution < 1.29 is 4.79 Å². The van der Waals surface area contributed by atoms with Gasteiger partial charge in [-0.1, -0.05) is 108 Å². The molecule has 0 N–H and O–H groups in total. The summed E-state index contributed by atoms with van der Waals surface area (Å²) in [7, 11) is 0.219. The zero-order valence-electron chi connectivity index (χ0n) is 23.9. The number of aromatic nitrogens is 2. The van der Waals surface area contributed by atoms with Crippen LogP contribution in [0.15, 0.2) is 77.4 Å². The second kappa shape index (κ2) is 17.3. The van der Waals surface area contributed by atoms with E-state index in [0.29, 0.717) is 0 Å². The van der Waals surface area contributed by atoms with Crippen LogP contribution in [0.1, 0.15) is 99.1 Å². The van der Waals surface area contributed by atoms with Gasteiger partial charge in [0, 0.05) is 10.7 Å². The Morgan fingerprint density at radius 2 is 1.55 bits per heavy atom. The summed E-state index contributed by atoms with van der Waals surface area (Å²) in [5.41, 5.74) is 6.57. The number of hydrogen-bond acceptors (Lipinski definition) is 2. The third-order valence-corrected chi connectivity index (χ3v) is 7.94. The fourth-order valence-electron chi connectivity index (χ4n) is 4.43. The molecule has 0 fully saturated rings. The molecule has 4 aromatic rings. The molecule has 0 radical (unpaired) electrons. The number of benzene rings is 2. The van der Waals surface area contributed by atoms with Gasteiger partial charge in [0.15, 0.2) is 5.52 Å². The standard InChI is InChI=1S/C18H18BrN2OP.C13H20.C2H6/c1-3-15-17(21-10-14(19)8-9-16(21)20-15)18(22)23-11-13-6-4-12(2)5-7-13;1-3-8-12(9-4-2)13-10-6-5-7-11-13;1-2/h4-10,23H,3,11H2,1-2H3;5-7,10-12H,3-4,8-9H2,1-2H3;1-2H3. The number of rotatable bonds is 10. The predicted molar refractivity (Wildman–Crippen MR) is 170 cm³/mol. The van der Waals surface area contributed by atoms with Gasteiger partial charge in [-0.2, -0.15) is 0 Å². The summed E-state index contributed by atoms with van der Waals surface area (Å²) in [6.45, 7) is 12.6. The summed E-state index contributed by atoms with van der Waals surface area (Å²) < 4.78 is 2.86. The molecule has 0 aliphatic rings. The number of halogens is 1. The summed E-state index contributed by atoms with van der Waals surface area (Å²) in [6, 6.07) is 23.2. The van der Waals surface area contributed by atoms with E-state index in [1.807, 2.05) is 43.5 Å². The second-order valence-electron chi connectivity index (χ2n) is 9.19. The Balaban J connectivity index is 0.000000288. The second-order valence-corrected chi connectivity index (χ2v) is 11.3. The highest BCUT2D eigenvalue weighted by Gasteiger charge is 2.18. The van der Waals surface area contributed by atoms with E-state index in [9.17, 15) is 4.79 Å². The summed E-state index contributed by atoms with van der Waals surface area (Å²) in [5.74, 6) is 0.788. The van der Waals surface area contributed by atoms with Crippen molar-refractivity contribution in [3.8, 4) is 0 Å². The van der Waals surface area contributed by atoms with Gasteiger partial charge in [-0.3, -0.25) is 9.20 Å². The van der Waals surface area contributed by atoms with Gasteiger partial charge in [0.2, 0.25) is 0 Å². The number of aryl methyl sites for hydroxylation is 2. The molecule has 1 unspecified atom stereocenters. The number of carbonyl (C=O) groups is 1. The van der Waals surface area contributed by atoms with Gasteiger partial charge in [0.05, 0.1) is 5.69 Å². The minimum Gasteiger partial charge on any atom is -0.295 e. The van der Waals surface area contributed by atoms with Gasteiger partial charge in [-0.05, 0) is 86.0 Å². The zero-order chi connectivity index (χ0) is 27.9. The molecule has 38 heavy (non-hydrogen) atoms. The number of carbonyl (C=O) groups excluding carboxylic acids is 1. The maximum absolute atomic E-state index is 12.8. The quantitative estimate of drug-likeness (QED) is 0.171. The van der Waals surface area contributed by atoms with E-state index < -0.39 is 0 Å². The van der Waals surface area contributed by atoms with Crippen LogP contribution >= 0.6 is 24.5 Å². The number of pyridine rings is 1. The molecular weight excluding hydrogens is 551 g/mol. The molecule has 0 saturated heterocycles. The van der Waals surface area contributed by atoms with Crippen LogP contribution in [0.2, 0.25) is 0 Å². The normalized spacial score (nSPS) is 10.8. The van der Waals surface area contributed by atoms with E-state index in [-0.39, 0.29) is 14.1 Å². The third kappa shape index (κ3) is 9.47. The maximum Gasteiger partial charge on any atom is 0.199 e. The minimum absolute atomic E-state index is 0.174.